The lowest BCUT2D eigenvalue weighted by molar-refractivity contribution is -0.137. The van der Waals surface area contributed by atoms with E-state index < -0.39 is 5.97 Å². The number of hydrogen-bond donors (Lipinski definition) is 1. The Balaban J connectivity index is 1.87. The third-order valence-corrected chi connectivity index (χ3v) is 6.02. The average Bonchev–Trinajstić information content (AvgIpc) is 3.14. The third kappa shape index (κ3) is 2.82. The second kappa shape index (κ2) is 6.23. The molecular weight excluding hydrogens is 337 g/mol. The third-order valence-electron chi connectivity index (χ3n) is 4.92. The number of nitrogens with zero attached hydrogens (tertiary/aromatic N) is 1. The molecule has 0 bridgehead atoms. The predicted molar refractivity (Wildman–Crippen MR) is 97.9 cm³/mol. The second-order valence-corrected chi connectivity index (χ2v) is 7.51. The minimum Gasteiger partial charge on any atom is -0.480 e. The monoisotopic (exact) mass is 355 g/mol. The lowest BCUT2D eigenvalue weighted by atomic mass is 9.96. The summed E-state index contributed by atoms with van der Waals surface area (Å²) in [7, 11) is 0. The van der Waals surface area contributed by atoms with Gasteiger partial charge in [-0.25, -0.2) is 4.39 Å². The van der Waals surface area contributed by atoms with Crippen LogP contribution in [-0.2, 0) is 24.2 Å². The Kier molecular flexibility index (Phi) is 4.04. The normalized spacial score (nSPS) is 13.4. The van der Waals surface area contributed by atoms with E-state index in [2.05, 4.69) is 18.2 Å². The van der Waals surface area contributed by atoms with Gasteiger partial charge in [-0.2, -0.15) is 0 Å². The van der Waals surface area contributed by atoms with Gasteiger partial charge in [-0.05, 0) is 54.3 Å². The first-order valence-corrected chi connectivity index (χ1v) is 9.25. The Morgan fingerprint density at radius 2 is 2.16 bits per heavy atom. The molecule has 0 spiro atoms. The molecule has 0 saturated heterocycles. The van der Waals surface area contributed by atoms with Crippen LogP contribution in [0.15, 0.2) is 41.3 Å². The van der Waals surface area contributed by atoms with Gasteiger partial charge in [-0.15, -0.1) is 11.8 Å². The molecule has 0 aliphatic carbocycles. The summed E-state index contributed by atoms with van der Waals surface area (Å²) in [6.45, 7) is 1.81. The Morgan fingerprint density at radius 1 is 1.32 bits per heavy atom. The number of hydrogen-bond acceptors (Lipinski definition) is 2. The first-order valence-electron chi connectivity index (χ1n) is 8.27. The zero-order chi connectivity index (χ0) is 17.6. The van der Waals surface area contributed by atoms with Crippen molar-refractivity contribution in [1.29, 1.82) is 0 Å². The molecule has 4 rings (SSSR count). The van der Waals surface area contributed by atoms with Crippen molar-refractivity contribution >= 4 is 28.6 Å². The van der Waals surface area contributed by atoms with Crippen LogP contribution in [0.25, 0.3) is 10.9 Å². The Hall–Kier alpha value is -2.27. The minimum atomic E-state index is -0.895. The molecule has 0 amide bonds. The molecule has 1 N–H and O–H groups in total. The molecule has 0 atom stereocenters. The maximum Gasteiger partial charge on any atom is 0.323 e. The van der Waals surface area contributed by atoms with Gasteiger partial charge in [0.05, 0.1) is 0 Å². The van der Waals surface area contributed by atoms with Crippen molar-refractivity contribution in [3.63, 3.8) is 0 Å². The van der Waals surface area contributed by atoms with Crippen molar-refractivity contribution in [3.05, 3.63) is 64.6 Å². The summed E-state index contributed by atoms with van der Waals surface area (Å²) in [5, 5.41) is 10.0. The number of carboxylic acid groups (broad SMARTS) is 1. The number of benzene rings is 2. The van der Waals surface area contributed by atoms with Crippen LogP contribution in [0.2, 0.25) is 0 Å². The quantitative estimate of drug-likeness (QED) is 0.754. The topological polar surface area (TPSA) is 42.2 Å². The number of carbonyl (C=O) groups is 1. The SMILES string of the molecule is Cc1c(Cc2cccc3c2CCS3)c2cc(F)ccc2n1CC(=O)O. The largest absolute Gasteiger partial charge is 0.480 e. The first kappa shape index (κ1) is 16.2. The van der Waals surface area contributed by atoms with Crippen molar-refractivity contribution in [2.45, 2.75) is 31.2 Å². The summed E-state index contributed by atoms with van der Waals surface area (Å²) in [4.78, 5) is 12.6. The molecule has 128 valence electrons. The summed E-state index contributed by atoms with van der Waals surface area (Å²) in [5.41, 5.74) is 5.32. The highest BCUT2D eigenvalue weighted by Gasteiger charge is 2.20. The Morgan fingerprint density at radius 3 is 2.96 bits per heavy atom. The molecule has 0 unspecified atom stereocenters. The fourth-order valence-electron chi connectivity index (χ4n) is 3.74. The van der Waals surface area contributed by atoms with Crippen molar-refractivity contribution in [1.82, 2.24) is 4.57 Å². The molecule has 3 nitrogen and oxygen atoms in total. The van der Waals surface area contributed by atoms with E-state index in [1.807, 2.05) is 18.7 Å². The van der Waals surface area contributed by atoms with E-state index in [1.165, 1.54) is 28.2 Å². The summed E-state index contributed by atoms with van der Waals surface area (Å²) in [6, 6.07) is 10.9. The van der Waals surface area contributed by atoms with E-state index in [0.717, 1.165) is 34.3 Å². The number of thioether (sulfide) groups is 1. The van der Waals surface area contributed by atoms with Crippen LogP contribution < -0.4 is 0 Å². The number of fused-ring (bicyclic) bond motifs is 2. The van der Waals surface area contributed by atoms with E-state index in [0.29, 0.717) is 6.42 Å². The molecule has 1 aliphatic heterocycles. The van der Waals surface area contributed by atoms with Crippen LogP contribution >= 0.6 is 11.8 Å². The van der Waals surface area contributed by atoms with Gasteiger partial charge >= 0.3 is 5.97 Å². The molecule has 2 aromatic carbocycles. The maximum absolute atomic E-state index is 13.8. The van der Waals surface area contributed by atoms with Gasteiger partial charge in [0.25, 0.3) is 0 Å². The highest BCUT2D eigenvalue weighted by Crippen LogP contribution is 2.36. The van der Waals surface area contributed by atoms with Crippen LogP contribution in [0.5, 0.6) is 0 Å². The minimum absolute atomic E-state index is 0.114. The number of halogens is 1. The van der Waals surface area contributed by atoms with Gasteiger partial charge in [-0.3, -0.25) is 4.79 Å². The summed E-state index contributed by atoms with van der Waals surface area (Å²) < 4.78 is 15.6. The van der Waals surface area contributed by atoms with Crippen LogP contribution in [0, 0.1) is 12.7 Å². The molecule has 1 aliphatic rings. The maximum atomic E-state index is 13.8. The lowest BCUT2D eigenvalue weighted by Gasteiger charge is -2.09. The van der Waals surface area contributed by atoms with Crippen molar-refractivity contribution in [2.75, 3.05) is 5.75 Å². The standard InChI is InChI=1S/C20H18FNO2S/c1-12-16(9-13-3-2-4-19-15(13)7-8-25-19)17-10-14(21)5-6-18(17)22(12)11-20(23)24/h2-6,10H,7-9,11H2,1H3,(H,23,24). The van der Waals surface area contributed by atoms with E-state index in [1.54, 1.807) is 10.6 Å². The molecule has 0 saturated carbocycles. The number of rotatable bonds is 4. The fourth-order valence-corrected chi connectivity index (χ4v) is 4.84. The van der Waals surface area contributed by atoms with Gasteiger partial charge in [0.15, 0.2) is 0 Å². The van der Waals surface area contributed by atoms with E-state index in [9.17, 15) is 14.3 Å². The smallest absolute Gasteiger partial charge is 0.323 e. The van der Waals surface area contributed by atoms with Crippen LogP contribution in [0.1, 0.15) is 22.4 Å². The van der Waals surface area contributed by atoms with Crippen molar-refractivity contribution < 1.29 is 14.3 Å². The Labute approximate surface area is 149 Å². The van der Waals surface area contributed by atoms with Crippen molar-refractivity contribution in [3.8, 4) is 0 Å². The van der Waals surface area contributed by atoms with E-state index >= 15 is 0 Å². The van der Waals surface area contributed by atoms with E-state index in [4.69, 9.17) is 0 Å². The van der Waals surface area contributed by atoms with Crippen LogP contribution in [0.3, 0.4) is 0 Å². The van der Waals surface area contributed by atoms with Gasteiger partial charge in [0.2, 0.25) is 0 Å². The van der Waals surface area contributed by atoms with Crippen LogP contribution in [0.4, 0.5) is 4.39 Å². The molecule has 5 heteroatoms. The van der Waals surface area contributed by atoms with E-state index in [-0.39, 0.29) is 12.4 Å². The molecule has 0 radical (unpaired) electrons. The summed E-state index contributed by atoms with van der Waals surface area (Å²) >= 11 is 1.87. The average molecular weight is 355 g/mol. The van der Waals surface area contributed by atoms with Gasteiger partial charge < -0.3 is 9.67 Å². The molecule has 3 aromatic rings. The van der Waals surface area contributed by atoms with Gasteiger partial charge in [0.1, 0.15) is 12.4 Å². The molecular formula is C20H18FNO2S. The number of carboxylic acids is 1. The van der Waals surface area contributed by atoms with Crippen molar-refractivity contribution in [2.24, 2.45) is 0 Å². The molecule has 25 heavy (non-hydrogen) atoms. The Bertz CT molecular complexity index is 993. The lowest BCUT2D eigenvalue weighted by Crippen LogP contribution is -2.10. The highest BCUT2D eigenvalue weighted by molar-refractivity contribution is 7.99. The first-order chi connectivity index (χ1) is 12.0. The number of aliphatic carboxylic acids is 1. The molecule has 1 aromatic heterocycles. The highest BCUT2D eigenvalue weighted by atomic mass is 32.2. The summed E-state index contributed by atoms with van der Waals surface area (Å²) in [6.07, 6.45) is 1.75. The zero-order valence-corrected chi connectivity index (χ0v) is 14.7. The van der Waals surface area contributed by atoms with Gasteiger partial charge in [-0.1, -0.05) is 12.1 Å². The predicted octanol–water partition coefficient (Wildman–Crippen LogP) is 4.41. The van der Waals surface area contributed by atoms with Gasteiger partial charge in [0, 0.05) is 33.7 Å². The fraction of sp³-hybridized carbons (Fsp3) is 0.250. The molecule has 0 fully saturated rings. The van der Waals surface area contributed by atoms with Crippen LogP contribution in [-0.4, -0.2) is 21.4 Å². The zero-order valence-electron chi connectivity index (χ0n) is 13.9. The number of aromatic nitrogens is 1. The molecule has 2 heterocycles. The summed E-state index contributed by atoms with van der Waals surface area (Å²) in [5.74, 6) is -0.0938. The second-order valence-electron chi connectivity index (χ2n) is 6.37.